The summed E-state index contributed by atoms with van der Waals surface area (Å²) >= 11 is 0. The van der Waals surface area contributed by atoms with Gasteiger partial charge in [-0.2, -0.15) is 0 Å². The lowest BCUT2D eigenvalue weighted by atomic mass is 9.97. The van der Waals surface area contributed by atoms with E-state index in [-0.39, 0.29) is 11.9 Å². The van der Waals surface area contributed by atoms with E-state index in [4.69, 9.17) is 0 Å². The maximum Gasteiger partial charge on any atom is 0.251 e. The molecule has 138 valence electrons. The van der Waals surface area contributed by atoms with Gasteiger partial charge in [0.2, 0.25) is 10.0 Å². The largest absolute Gasteiger partial charge is 0.378 e. The van der Waals surface area contributed by atoms with E-state index in [0.717, 1.165) is 11.3 Å². The average molecular weight is 373 g/mol. The molecular formula is C19H23N3O3S. The Morgan fingerprint density at radius 2 is 1.88 bits per heavy atom. The van der Waals surface area contributed by atoms with Crippen molar-refractivity contribution in [3.8, 4) is 0 Å². The van der Waals surface area contributed by atoms with Crippen molar-refractivity contribution in [1.82, 2.24) is 5.32 Å². The van der Waals surface area contributed by atoms with Gasteiger partial charge in [0.1, 0.15) is 0 Å². The van der Waals surface area contributed by atoms with Crippen LogP contribution in [0.4, 0.5) is 11.4 Å². The van der Waals surface area contributed by atoms with E-state index >= 15 is 0 Å². The van der Waals surface area contributed by atoms with Crippen molar-refractivity contribution in [2.75, 3.05) is 36.1 Å². The van der Waals surface area contributed by atoms with Crippen molar-refractivity contribution in [3.05, 3.63) is 59.7 Å². The van der Waals surface area contributed by atoms with Gasteiger partial charge in [-0.15, -0.1) is 0 Å². The van der Waals surface area contributed by atoms with Crippen LogP contribution in [0.1, 0.15) is 28.4 Å². The first-order chi connectivity index (χ1) is 12.3. The molecule has 0 fully saturated rings. The monoisotopic (exact) mass is 373 g/mol. The molecule has 1 aliphatic heterocycles. The molecule has 0 saturated heterocycles. The third-order valence-electron chi connectivity index (χ3n) is 4.53. The molecule has 1 N–H and O–H groups in total. The summed E-state index contributed by atoms with van der Waals surface area (Å²) in [5, 5.41) is 3.05. The molecule has 0 saturated carbocycles. The van der Waals surface area contributed by atoms with Crippen LogP contribution < -0.4 is 14.5 Å². The number of amides is 1. The quantitative estimate of drug-likeness (QED) is 0.893. The maximum atomic E-state index is 12.7. The first-order valence-electron chi connectivity index (χ1n) is 8.42. The zero-order chi connectivity index (χ0) is 18.9. The van der Waals surface area contributed by atoms with Gasteiger partial charge in [-0.3, -0.25) is 9.10 Å². The topological polar surface area (TPSA) is 69.7 Å². The summed E-state index contributed by atoms with van der Waals surface area (Å²) in [4.78, 5) is 14.7. The standard InChI is InChI=1S/C19H23N3O3S/c1-21(2)15-8-6-7-14(13-15)19(23)20-17-11-12-22(26(3,24)25)18-10-5-4-9-16(17)18/h4-10,13,17H,11-12H2,1-3H3,(H,20,23). The Kier molecular flexibility index (Phi) is 4.91. The van der Waals surface area contributed by atoms with E-state index < -0.39 is 10.0 Å². The van der Waals surface area contributed by atoms with Crippen LogP contribution in [0.2, 0.25) is 0 Å². The van der Waals surface area contributed by atoms with Gasteiger partial charge in [-0.1, -0.05) is 24.3 Å². The molecule has 7 heteroatoms. The molecule has 0 aliphatic carbocycles. The summed E-state index contributed by atoms with van der Waals surface area (Å²) in [6.45, 7) is 0.346. The third-order valence-corrected chi connectivity index (χ3v) is 5.71. The van der Waals surface area contributed by atoms with E-state index in [1.54, 1.807) is 12.1 Å². The number of anilines is 2. The van der Waals surface area contributed by atoms with Crippen molar-refractivity contribution in [3.63, 3.8) is 0 Å². The van der Waals surface area contributed by atoms with Gasteiger partial charge in [-0.05, 0) is 36.2 Å². The van der Waals surface area contributed by atoms with Crippen LogP contribution >= 0.6 is 0 Å². The number of sulfonamides is 1. The fraction of sp³-hybridized carbons (Fsp3) is 0.316. The van der Waals surface area contributed by atoms with Crippen LogP contribution in [-0.4, -0.2) is 41.2 Å². The second kappa shape index (κ2) is 6.99. The number of fused-ring (bicyclic) bond motifs is 1. The van der Waals surface area contributed by atoms with Crippen molar-refractivity contribution in [2.45, 2.75) is 12.5 Å². The highest BCUT2D eigenvalue weighted by Crippen LogP contribution is 2.35. The van der Waals surface area contributed by atoms with Gasteiger partial charge in [0.15, 0.2) is 0 Å². The van der Waals surface area contributed by atoms with Gasteiger partial charge in [0.05, 0.1) is 18.0 Å². The Bertz CT molecular complexity index is 925. The Labute approximate surface area is 154 Å². The molecule has 1 atom stereocenters. The molecule has 1 unspecified atom stereocenters. The molecule has 6 nitrogen and oxygen atoms in total. The van der Waals surface area contributed by atoms with Crippen LogP contribution in [0, 0.1) is 0 Å². The molecule has 0 bridgehead atoms. The van der Waals surface area contributed by atoms with Gasteiger partial charge >= 0.3 is 0 Å². The SMILES string of the molecule is CN(C)c1cccc(C(=O)NC2CCN(S(C)(=O)=O)c3ccccc32)c1. The molecule has 0 radical (unpaired) electrons. The first kappa shape index (κ1) is 18.3. The zero-order valence-corrected chi connectivity index (χ0v) is 16.0. The molecule has 1 heterocycles. The van der Waals surface area contributed by atoms with Crippen LogP contribution in [-0.2, 0) is 10.0 Å². The Morgan fingerprint density at radius 3 is 2.58 bits per heavy atom. The fourth-order valence-electron chi connectivity index (χ4n) is 3.19. The summed E-state index contributed by atoms with van der Waals surface area (Å²) in [5.41, 5.74) is 2.99. The highest BCUT2D eigenvalue weighted by molar-refractivity contribution is 7.92. The molecule has 1 amide bonds. The molecule has 2 aromatic carbocycles. The summed E-state index contributed by atoms with van der Waals surface area (Å²) < 4.78 is 25.5. The average Bonchev–Trinajstić information content (AvgIpc) is 2.61. The summed E-state index contributed by atoms with van der Waals surface area (Å²) in [6, 6.07) is 14.5. The molecular weight excluding hydrogens is 350 g/mol. The highest BCUT2D eigenvalue weighted by atomic mass is 32.2. The molecule has 26 heavy (non-hydrogen) atoms. The number of nitrogens with zero attached hydrogens (tertiary/aromatic N) is 2. The fourth-order valence-corrected chi connectivity index (χ4v) is 4.15. The Hall–Kier alpha value is -2.54. The summed E-state index contributed by atoms with van der Waals surface area (Å²) in [7, 11) is 0.506. The number of rotatable bonds is 4. The minimum atomic E-state index is -3.34. The van der Waals surface area contributed by atoms with Crippen LogP contribution in [0.5, 0.6) is 0 Å². The number of hydrogen-bond acceptors (Lipinski definition) is 4. The number of carbonyl (C=O) groups excluding carboxylic acids is 1. The highest BCUT2D eigenvalue weighted by Gasteiger charge is 2.30. The van der Waals surface area contributed by atoms with Crippen LogP contribution in [0.15, 0.2) is 48.5 Å². The molecule has 1 aliphatic rings. The van der Waals surface area contributed by atoms with Gasteiger partial charge in [0, 0.05) is 31.9 Å². The van der Waals surface area contributed by atoms with E-state index in [9.17, 15) is 13.2 Å². The van der Waals surface area contributed by atoms with E-state index in [2.05, 4.69) is 5.32 Å². The van der Waals surface area contributed by atoms with Crippen molar-refractivity contribution < 1.29 is 13.2 Å². The minimum Gasteiger partial charge on any atom is -0.378 e. The van der Waals surface area contributed by atoms with Gasteiger partial charge < -0.3 is 10.2 Å². The van der Waals surface area contributed by atoms with Crippen LogP contribution in [0.3, 0.4) is 0 Å². The summed E-state index contributed by atoms with van der Waals surface area (Å²) in [6.07, 6.45) is 1.73. The van der Waals surface area contributed by atoms with Crippen molar-refractivity contribution >= 4 is 27.3 Å². The lowest BCUT2D eigenvalue weighted by molar-refractivity contribution is 0.0934. The number of nitrogens with one attached hydrogen (secondary N) is 1. The second-order valence-electron chi connectivity index (χ2n) is 6.65. The zero-order valence-electron chi connectivity index (χ0n) is 15.1. The number of carbonyl (C=O) groups is 1. The van der Waals surface area contributed by atoms with Crippen LogP contribution in [0.25, 0.3) is 0 Å². The van der Waals surface area contributed by atoms with Crippen molar-refractivity contribution in [1.29, 1.82) is 0 Å². The Balaban J connectivity index is 1.86. The second-order valence-corrected chi connectivity index (χ2v) is 8.56. The minimum absolute atomic E-state index is 0.165. The van der Waals surface area contributed by atoms with Gasteiger partial charge in [-0.25, -0.2) is 8.42 Å². The normalized spacial score (nSPS) is 16.7. The molecule has 0 aromatic heterocycles. The molecule has 0 spiro atoms. The molecule has 3 rings (SSSR count). The Morgan fingerprint density at radius 1 is 1.15 bits per heavy atom. The van der Waals surface area contributed by atoms with E-state index in [0.29, 0.717) is 24.2 Å². The van der Waals surface area contributed by atoms with Gasteiger partial charge in [0.25, 0.3) is 5.91 Å². The third kappa shape index (κ3) is 3.67. The first-order valence-corrected chi connectivity index (χ1v) is 10.3. The van der Waals surface area contributed by atoms with E-state index in [1.807, 2.05) is 55.4 Å². The lowest BCUT2D eigenvalue weighted by Gasteiger charge is -2.34. The van der Waals surface area contributed by atoms with E-state index in [1.165, 1.54) is 10.6 Å². The van der Waals surface area contributed by atoms with Crippen molar-refractivity contribution in [2.24, 2.45) is 0 Å². The summed E-state index contributed by atoms with van der Waals surface area (Å²) in [5.74, 6) is -0.165. The maximum absolute atomic E-state index is 12.7. The number of para-hydroxylation sites is 1. The predicted molar refractivity (Wildman–Crippen MR) is 104 cm³/mol. The number of benzene rings is 2. The lowest BCUT2D eigenvalue weighted by Crippen LogP contribution is -2.40. The number of hydrogen-bond donors (Lipinski definition) is 1. The predicted octanol–water partition coefficient (Wildman–Crippen LogP) is 2.39. The smallest absolute Gasteiger partial charge is 0.251 e. The molecule has 2 aromatic rings.